The Kier molecular flexibility index (Phi) is 10.7. The number of carboxylic acid groups (broad SMARTS) is 2. The number of methoxy groups -OCH3 is 1. The van der Waals surface area contributed by atoms with E-state index in [4.69, 9.17) is 21.8 Å². The predicted octanol–water partition coefficient (Wildman–Crippen LogP) is 4.80. The van der Waals surface area contributed by atoms with Gasteiger partial charge in [0.2, 0.25) is 0 Å². The van der Waals surface area contributed by atoms with Gasteiger partial charge in [-0.2, -0.15) is 5.48 Å². The number of piperidine rings is 1. The van der Waals surface area contributed by atoms with Gasteiger partial charge in [0.15, 0.2) is 0 Å². The summed E-state index contributed by atoms with van der Waals surface area (Å²) in [5.41, 5.74) is 5.96. The Morgan fingerprint density at radius 1 is 1.07 bits per heavy atom. The fraction of sp³-hybridized carbons (Fsp3) is 0.419. The number of carboxylic acids is 2. The molecule has 0 amide bonds. The van der Waals surface area contributed by atoms with Crippen LogP contribution in [0.25, 0.3) is 0 Å². The quantitative estimate of drug-likeness (QED) is 0.163. The minimum absolute atomic E-state index is 0.0323. The standard InChI is InChI=1S/C31H38N4O6S/c1-19-26(29(36)37)28(27(30(38)39)20(2)33-19)23-8-4-9-24(17-23)34-31(42)41-32-13-6-14-35-15-11-21(12-16-35)22-7-5-10-25(18-22)40-3/h4-5,7-10,17-18,21,26,28,32H,6,11-16H2,1-3H3,(H,34,42)(H,36,37)(H,38,39). The molecule has 0 saturated carbocycles. The number of likely N-dealkylation sites (tertiary alicyclic amines) is 1. The van der Waals surface area contributed by atoms with E-state index in [-0.39, 0.29) is 10.7 Å². The first-order valence-electron chi connectivity index (χ1n) is 14.1. The van der Waals surface area contributed by atoms with Crippen LogP contribution >= 0.6 is 12.2 Å². The number of hydrogen-bond acceptors (Lipinski definition) is 8. The molecule has 2 atom stereocenters. The molecule has 2 aliphatic heterocycles. The van der Waals surface area contributed by atoms with Crippen molar-refractivity contribution in [2.24, 2.45) is 10.9 Å². The third-order valence-electron chi connectivity index (χ3n) is 7.89. The van der Waals surface area contributed by atoms with Crippen LogP contribution in [0, 0.1) is 5.92 Å². The van der Waals surface area contributed by atoms with Gasteiger partial charge in [0.25, 0.3) is 5.17 Å². The molecule has 0 aromatic heterocycles. The summed E-state index contributed by atoms with van der Waals surface area (Å²) in [5.74, 6) is -2.85. The summed E-state index contributed by atoms with van der Waals surface area (Å²) in [4.78, 5) is 36.3. The number of nitrogens with one attached hydrogen (secondary N) is 2. The lowest BCUT2D eigenvalue weighted by Crippen LogP contribution is -2.35. The Hall–Kier alpha value is -3.80. The minimum atomic E-state index is -1.19. The smallest absolute Gasteiger partial charge is 0.334 e. The zero-order chi connectivity index (χ0) is 30.2. The maximum absolute atomic E-state index is 12.1. The largest absolute Gasteiger partial charge is 0.497 e. The number of carbonyl (C=O) groups is 2. The van der Waals surface area contributed by atoms with Crippen LogP contribution in [-0.4, -0.2) is 71.2 Å². The van der Waals surface area contributed by atoms with Crippen molar-refractivity contribution >= 4 is 40.7 Å². The molecule has 224 valence electrons. The van der Waals surface area contributed by atoms with Gasteiger partial charge in [0, 0.05) is 29.6 Å². The number of allylic oxidation sites excluding steroid dienone is 1. The van der Waals surface area contributed by atoms with E-state index in [9.17, 15) is 19.8 Å². The zero-order valence-electron chi connectivity index (χ0n) is 24.1. The van der Waals surface area contributed by atoms with E-state index in [1.54, 1.807) is 45.2 Å². The highest BCUT2D eigenvalue weighted by Gasteiger charge is 2.41. The van der Waals surface area contributed by atoms with E-state index in [2.05, 4.69) is 38.9 Å². The molecule has 10 nitrogen and oxygen atoms in total. The van der Waals surface area contributed by atoms with Crippen molar-refractivity contribution in [1.29, 1.82) is 0 Å². The van der Waals surface area contributed by atoms with Crippen molar-refractivity contribution in [3.63, 3.8) is 0 Å². The molecule has 2 aromatic rings. The van der Waals surface area contributed by atoms with Gasteiger partial charge in [0.05, 0.1) is 12.7 Å². The number of anilines is 1. The second-order valence-electron chi connectivity index (χ2n) is 10.6. The van der Waals surface area contributed by atoms with Crippen LogP contribution in [0.3, 0.4) is 0 Å². The van der Waals surface area contributed by atoms with Gasteiger partial charge in [-0.15, -0.1) is 0 Å². The Bertz CT molecular complexity index is 1370. The Morgan fingerprint density at radius 3 is 2.48 bits per heavy atom. The fourth-order valence-corrected chi connectivity index (χ4v) is 6.00. The normalized spacial score (nSPS) is 19.6. The highest BCUT2D eigenvalue weighted by molar-refractivity contribution is 7.80. The lowest BCUT2D eigenvalue weighted by atomic mass is 9.75. The number of hydroxylamine groups is 1. The first kappa shape index (κ1) is 31.1. The lowest BCUT2D eigenvalue weighted by molar-refractivity contribution is -0.140. The highest BCUT2D eigenvalue weighted by Crippen LogP contribution is 2.40. The van der Waals surface area contributed by atoms with E-state index in [0.29, 0.717) is 35.1 Å². The highest BCUT2D eigenvalue weighted by atomic mass is 32.1. The van der Waals surface area contributed by atoms with Crippen molar-refractivity contribution in [2.75, 3.05) is 38.6 Å². The van der Waals surface area contributed by atoms with Gasteiger partial charge < -0.3 is 30.0 Å². The molecule has 1 fully saturated rings. The Balaban J connectivity index is 1.23. The summed E-state index contributed by atoms with van der Waals surface area (Å²) in [6, 6.07) is 15.2. The molecule has 2 heterocycles. The van der Waals surface area contributed by atoms with E-state index < -0.39 is 23.8 Å². The van der Waals surface area contributed by atoms with Crippen LogP contribution in [0.1, 0.15) is 56.1 Å². The molecule has 42 heavy (non-hydrogen) atoms. The summed E-state index contributed by atoms with van der Waals surface area (Å²) in [7, 11) is 1.70. The number of aliphatic imine (C=N–C) groups is 1. The maximum atomic E-state index is 12.1. The third-order valence-corrected chi connectivity index (χ3v) is 8.07. The maximum Gasteiger partial charge on any atom is 0.334 e. The van der Waals surface area contributed by atoms with Crippen LogP contribution in [0.4, 0.5) is 5.69 Å². The van der Waals surface area contributed by atoms with Gasteiger partial charge in [-0.05, 0) is 106 Å². The summed E-state index contributed by atoms with van der Waals surface area (Å²) < 4.78 is 5.37. The van der Waals surface area contributed by atoms with Gasteiger partial charge in [-0.25, -0.2) is 4.79 Å². The molecule has 2 unspecified atom stereocenters. The average Bonchev–Trinajstić information content (AvgIpc) is 2.96. The predicted molar refractivity (Wildman–Crippen MR) is 165 cm³/mol. The molecule has 0 aliphatic carbocycles. The van der Waals surface area contributed by atoms with Crippen LogP contribution in [0.15, 0.2) is 64.8 Å². The topological polar surface area (TPSA) is 133 Å². The average molecular weight is 595 g/mol. The lowest BCUT2D eigenvalue weighted by Gasteiger charge is -2.32. The monoisotopic (exact) mass is 594 g/mol. The molecule has 11 heteroatoms. The second kappa shape index (κ2) is 14.4. The Labute approximate surface area is 251 Å². The number of thiocarbonyl (C=S) groups is 1. The van der Waals surface area contributed by atoms with Crippen molar-refractivity contribution < 1.29 is 29.4 Å². The molecule has 0 bridgehead atoms. The van der Waals surface area contributed by atoms with Crippen molar-refractivity contribution in [3.8, 4) is 5.75 Å². The number of aliphatic carboxylic acids is 2. The molecular weight excluding hydrogens is 556 g/mol. The number of ether oxygens (including phenoxy) is 1. The van der Waals surface area contributed by atoms with Gasteiger partial charge >= 0.3 is 11.9 Å². The van der Waals surface area contributed by atoms with E-state index in [1.807, 2.05) is 6.07 Å². The summed E-state index contributed by atoms with van der Waals surface area (Å²) in [5, 5.41) is 22.8. The SMILES string of the molecule is COc1cccc(C2CCN(CCCNOC(=S)Nc3cccc(C4C(C(=O)O)=C(C)N=C(C)C4C(=O)O)c3)CC2)c1. The van der Waals surface area contributed by atoms with Crippen LogP contribution < -0.4 is 15.5 Å². The van der Waals surface area contributed by atoms with Crippen molar-refractivity contribution in [2.45, 2.75) is 44.9 Å². The number of rotatable bonds is 11. The third kappa shape index (κ3) is 7.72. The van der Waals surface area contributed by atoms with Crippen molar-refractivity contribution in [1.82, 2.24) is 10.4 Å². The Morgan fingerprint density at radius 2 is 1.79 bits per heavy atom. The van der Waals surface area contributed by atoms with Gasteiger partial charge in [0.1, 0.15) is 11.7 Å². The van der Waals surface area contributed by atoms with Crippen molar-refractivity contribution in [3.05, 3.63) is 70.9 Å². The first-order valence-corrected chi connectivity index (χ1v) is 14.5. The van der Waals surface area contributed by atoms with Crippen LogP contribution in [-0.2, 0) is 14.4 Å². The summed E-state index contributed by atoms with van der Waals surface area (Å²) in [6.07, 6.45) is 3.13. The molecule has 4 rings (SSSR count). The zero-order valence-corrected chi connectivity index (χ0v) is 24.9. The molecular formula is C31H38N4O6S. The van der Waals surface area contributed by atoms with Gasteiger partial charge in [-0.3, -0.25) is 9.79 Å². The van der Waals surface area contributed by atoms with Crippen LogP contribution in [0.5, 0.6) is 5.75 Å². The molecule has 0 spiro atoms. The molecule has 4 N–H and O–H groups in total. The van der Waals surface area contributed by atoms with E-state index >= 15 is 0 Å². The molecule has 1 saturated heterocycles. The fourth-order valence-electron chi connectivity index (χ4n) is 5.83. The first-order chi connectivity index (χ1) is 20.2. The molecule has 0 radical (unpaired) electrons. The van der Waals surface area contributed by atoms with E-state index in [1.165, 1.54) is 5.56 Å². The summed E-state index contributed by atoms with van der Waals surface area (Å²) >= 11 is 5.32. The molecule has 2 aromatic carbocycles. The van der Waals surface area contributed by atoms with Crippen LogP contribution in [0.2, 0.25) is 0 Å². The summed E-state index contributed by atoms with van der Waals surface area (Å²) in [6.45, 7) is 6.86. The number of benzene rings is 2. The number of hydrogen-bond donors (Lipinski definition) is 4. The molecule has 2 aliphatic rings. The second-order valence-corrected chi connectivity index (χ2v) is 11.0. The van der Waals surface area contributed by atoms with E-state index in [0.717, 1.165) is 44.6 Å². The number of nitrogens with zero attached hydrogens (tertiary/aromatic N) is 2. The minimum Gasteiger partial charge on any atom is -0.497 e. The van der Waals surface area contributed by atoms with Gasteiger partial charge in [-0.1, -0.05) is 24.3 Å².